The Kier molecular flexibility index (Phi) is 6.88. The van der Waals surface area contributed by atoms with Crippen molar-refractivity contribution in [3.63, 3.8) is 0 Å². The summed E-state index contributed by atoms with van der Waals surface area (Å²) in [5, 5.41) is 11.6. The zero-order valence-electron chi connectivity index (χ0n) is 16.1. The first-order valence-corrected chi connectivity index (χ1v) is 10.4. The van der Waals surface area contributed by atoms with Crippen molar-refractivity contribution in [1.82, 2.24) is 0 Å². The molecule has 3 rings (SSSR count). The predicted molar refractivity (Wildman–Crippen MR) is 110 cm³/mol. The number of aliphatic hydroxyl groups excluding tert-OH is 1. The molecule has 2 heterocycles. The summed E-state index contributed by atoms with van der Waals surface area (Å²) in [5.74, 6) is 1.27. The minimum Gasteiger partial charge on any atom is -0.490 e. The number of para-hydroxylation sites is 1. The van der Waals surface area contributed by atoms with Crippen molar-refractivity contribution in [1.29, 1.82) is 0 Å². The van der Waals surface area contributed by atoms with Gasteiger partial charge in [0.15, 0.2) is 6.29 Å². The molecule has 1 aliphatic heterocycles. The van der Waals surface area contributed by atoms with Gasteiger partial charge in [0.05, 0.1) is 36.1 Å². The van der Waals surface area contributed by atoms with E-state index in [2.05, 4.69) is 24.8 Å². The SMILES string of the molecule is CC(C)c1ccccc1OC[C@@H](O)C[NH+]1CCN(c2ccc(C=O)s2)CC1. The number of ether oxygens (including phenoxy) is 1. The molecule has 0 aliphatic carbocycles. The van der Waals surface area contributed by atoms with Gasteiger partial charge in [-0.15, -0.1) is 11.3 Å². The minimum absolute atomic E-state index is 0.324. The predicted octanol–water partition coefficient (Wildman–Crippen LogP) is 1.83. The highest BCUT2D eigenvalue weighted by Crippen LogP contribution is 2.26. The standard InChI is InChI=1S/C21H28N2O3S/c1-16(2)19-5-3-4-6-20(19)26-15-17(25)13-22-9-11-23(12-10-22)21-8-7-18(14-24)27-21/h3-8,14,16-17,25H,9-13,15H2,1-2H3/p+1/t17-/m0/s1. The number of nitrogens with zero attached hydrogens (tertiary/aromatic N) is 1. The number of anilines is 1. The number of aliphatic hydroxyl groups is 1. The maximum atomic E-state index is 10.8. The van der Waals surface area contributed by atoms with E-state index in [-0.39, 0.29) is 0 Å². The molecule has 6 heteroatoms. The molecule has 0 amide bonds. The monoisotopic (exact) mass is 389 g/mol. The molecule has 2 N–H and O–H groups in total. The van der Waals surface area contributed by atoms with Gasteiger partial charge >= 0.3 is 0 Å². The largest absolute Gasteiger partial charge is 0.490 e. The summed E-state index contributed by atoms with van der Waals surface area (Å²) in [4.78, 5) is 15.3. The van der Waals surface area contributed by atoms with Crippen LogP contribution in [-0.2, 0) is 0 Å². The molecule has 0 spiro atoms. The summed E-state index contributed by atoms with van der Waals surface area (Å²) >= 11 is 1.54. The topological polar surface area (TPSA) is 54.2 Å². The zero-order chi connectivity index (χ0) is 19.2. The second kappa shape index (κ2) is 9.35. The van der Waals surface area contributed by atoms with E-state index in [1.165, 1.54) is 10.5 Å². The molecule has 1 aromatic carbocycles. The lowest BCUT2D eigenvalue weighted by Gasteiger charge is -2.33. The number of thiophene rings is 1. The van der Waals surface area contributed by atoms with E-state index in [4.69, 9.17) is 4.74 Å². The quantitative estimate of drug-likeness (QED) is 0.677. The maximum Gasteiger partial charge on any atom is 0.160 e. The second-order valence-electron chi connectivity index (χ2n) is 7.39. The third kappa shape index (κ3) is 5.31. The highest BCUT2D eigenvalue weighted by atomic mass is 32.1. The number of carbonyl (C=O) groups excluding carboxylic acids is 1. The van der Waals surface area contributed by atoms with Gasteiger partial charge in [-0.2, -0.15) is 0 Å². The van der Waals surface area contributed by atoms with Crippen molar-refractivity contribution in [3.8, 4) is 5.75 Å². The van der Waals surface area contributed by atoms with Crippen molar-refractivity contribution >= 4 is 22.6 Å². The Morgan fingerprint density at radius 2 is 1.96 bits per heavy atom. The van der Waals surface area contributed by atoms with Crippen molar-refractivity contribution < 1.29 is 19.5 Å². The van der Waals surface area contributed by atoms with Gasteiger partial charge in [-0.25, -0.2) is 0 Å². The lowest BCUT2D eigenvalue weighted by Crippen LogP contribution is -3.16. The smallest absolute Gasteiger partial charge is 0.160 e. The van der Waals surface area contributed by atoms with E-state index < -0.39 is 6.10 Å². The van der Waals surface area contributed by atoms with Crippen LogP contribution in [0, 0.1) is 0 Å². The van der Waals surface area contributed by atoms with Gasteiger partial charge in [0, 0.05) is 0 Å². The molecule has 0 saturated carbocycles. The lowest BCUT2D eigenvalue weighted by atomic mass is 10.0. The molecule has 1 aromatic heterocycles. The van der Waals surface area contributed by atoms with Crippen LogP contribution in [0.4, 0.5) is 5.00 Å². The van der Waals surface area contributed by atoms with Crippen LogP contribution in [0.2, 0.25) is 0 Å². The Morgan fingerprint density at radius 1 is 1.22 bits per heavy atom. The van der Waals surface area contributed by atoms with Gasteiger partial charge < -0.3 is 19.6 Å². The molecule has 2 aromatic rings. The Hall–Kier alpha value is -1.89. The van der Waals surface area contributed by atoms with Gasteiger partial charge in [-0.05, 0) is 29.7 Å². The zero-order valence-corrected chi connectivity index (χ0v) is 16.9. The Morgan fingerprint density at radius 3 is 2.63 bits per heavy atom. The molecule has 146 valence electrons. The number of nitrogens with one attached hydrogen (secondary N) is 1. The van der Waals surface area contributed by atoms with Crippen LogP contribution in [0.1, 0.15) is 35.0 Å². The summed E-state index contributed by atoms with van der Waals surface area (Å²) in [6.45, 7) is 9.16. The molecule has 1 saturated heterocycles. The highest BCUT2D eigenvalue weighted by molar-refractivity contribution is 7.17. The van der Waals surface area contributed by atoms with Gasteiger partial charge in [0.2, 0.25) is 0 Å². The van der Waals surface area contributed by atoms with E-state index in [1.54, 1.807) is 11.3 Å². The average molecular weight is 390 g/mol. The van der Waals surface area contributed by atoms with Gasteiger partial charge in [0.1, 0.15) is 25.0 Å². The van der Waals surface area contributed by atoms with Gasteiger partial charge in [0.25, 0.3) is 0 Å². The average Bonchev–Trinajstić information content (AvgIpc) is 3.16. The number of piperazine rings is 1. The molecular weight excluding hydrogens is 360 g/mol. The van der Waals surface area contributed by atoms with Crippen LogP contribution in [0.3, 0.4) is 0 Å². The number of quaternary nitrogens is 1. The summed E-state index contributed by atoms with van der Waals surface area (Å²) in [6, 6.07) is 11.9. The normalized spacial score (nSPS) is 16.5. The highest BCUT2D eigenvalue weighted by Gasteiger charge is 2.23. The van der Waals surface area contributed by atoms with Crippen molar-refractivity contribution in [2.24, 2.45) is 0 Å². The summed E-state index contributed by atoms with van der Waals surface area (Å²) in [6.07, 6.45) is 0.430. The molecule has 5 nitrogen and oxygen atoms in total. The fourth-order valence-corrected chi connectivity index (χ4v) is 4.36. The molecular formula is C21H29N2O3S+. The first kappa shape index (κ1) is 19.9. The first-order valence-electron chi connectivity index (χ1n) is 9.60. The number of aldehydes is 1. The van der Waals surface area contributed by atoms with Crippen LogP contribution in [-0.4, -0.2) is 56.8 Å². The molecule has 0 bridgehead atoms. The van der Waals surface area contributed by atoms with E-state index in [0.717, 1.165) is 48.1 Å². The van der Waals surface area contributed by atoms with Crippen LogP contribution >= 0.6 is 11.3 Å². The molecule has 0 unspecified atom stereocenters. The molecule has 0 radical (unpaired) electrons. The van der Waals surface area contributed by atoms with E-state index in [1.807, 2.05) is 30.3 Å². The van der Waals surface area contributed by atoms with Crippen LogP contribution in [0.25, 0.3) is 0 Å². The summed E-state index contributed by atoms with van der Waals surface area (Å²) in [7, 11) is 0. The van der Waals surface area contributed by atoms with Crippen LogP contribution in [0.5, 0.6) is 5.75 Å². The van der Waals surface area contributed by atoms with E-state index in [9.17, 15) is 9.90 Å². The number of carbonyl (C=O) groups is 1. The third-order valence-electron chi connectivity index (χ3n) is 5.01. The third-order valence-corrected chi connectivity index (χ3v) is 6.08. The second-order valence-corrected chi connectivity index (χ2v) is 8.49. The molecule has 1 atom stereocenters. The molecule has 27 heavy (non-hydrogen) atoms. The minimum atomic E-state index is -0.477. The number of benzene rings is 1. The maximum absolute atomic E-state index is 10.8. The summed E-state index contributed by atoms with van der Waals surface area (Å²) in [5.41, 5.74) is 1.18. The first-order chi connectivity index (χ1) is 13.1. The van der Waals surface area contributed by atoms with Crippen molar-refractivity contribution in [2.45, 2.75) is 25.9 Å². The Labute approximate surface area is 165 Å². The lowest BCUT2D eigenvalue weighted by molar-refractivity contribution is -0.903. The Balaban J connectivity index is 1.44. The molecule has 1 fully saturated rings. The number of hydrogen-bond acceptors (Lipinski definition) is 5. The van der Waals surface area contributed by atoms with Crippen molar-refractivity contribution in [2.75, 3.05) is 44.2 Å². The van der Waals surface area contributed by atoms with Crippen LogP contribution in [0.15, 0.2) is 36.4 Å². The fraction of sp³-hybridized carbons (Fsp3) is 0.476. The van der Waals surface area contributed by atoms with Gasteiger partial charge in [-0.3, -0.25) is 4.79 Å². The summed E-state index contributed by atoms with van der Waals surface area (Å²) < 4.78 is 5.90. The van der Waals surface area contributed by atoms with Gasteiger partial charge in [-0.1, -0.05) is 32.0 Å². The molecule has 1 aliphatic rings. The van der Waals surface area contributed by atoms with E-state index >= 15 is 0 Å². The fourth-order valence-electron chi connectivity index (χ4n) is 3.49. The number of hydrogen-bond donors (Lipinski definition) is 2. The Bertz CT molecular complexity index is 739. The van der Waals surface area contributed by atoms with Crippen molar-refractivity contribution in [3.05, 3.63) is 46.8 Å². The van der Waals surface area contributed by atoms with Crippen LogP contribution < -0.4 is 14.5 Å². The van der Waals surface area contributed by atoms with E-state index in [0.29, 0.717) is 19.1 Å². The number of rotatable bonds is 8.